The van der Waals surface area contributed by atoms with E-state index >= 15 is 0 Å². The van der Waals surface area contributed by atoms with Crippen LogP contribution in [-0.4, -0.2) is 46.7 Å². The van der Waals surface area contributed by atoms with Crippen LogP contribution in [0.25, 0.3) is 6.08 Å². The average molecular weight is 340 g/mol. The van der Waals surface area contributed by atoms with E-state index in [9.17, 15) is 14.3 Å². The summed E-state index contributed by atoms with van der Waals surface area (Å²) in [6.07, 6.45) is 2.51. The summed E-state index contributed by atoms with van der Waals surface area (Å²) in [5, 5.41) is 9.44. The third-order valence-electron chi connectivity index (χ3n) is 4.40. The molecular weight excluding hydrogens is 319 g/mol. The number of nitrogens with zero attached hydrogens (tertiary/aromatic N) is 2. The number of hydrogen-bond acceptors (Lipinski definition) is 2. The first kappa shape index (κ1) is 17.2. The van der Waals surface area contributed by atoms with Crippen molar-refractivity contribution in [3.63, 3.8) is 0 Å². The Labute approximate surface area is 146 Å². The molecule has 1 aliphatic heterocycles. The minimum atomic E-state index is -0.942. The van der Waals surface area contributed by atoms with Crippen molar-refractivity contribution in [1.82, 2.24) is 9.80 Å². The first-order valence-electron chi connectivity index (χ1n) is 8.32. The van der Waals surface area contributed by atoms with Crippen LogP contribution < -0.4 is 0 Å². The van der Waals surface area contributed by atoms with E-state index in [-0.39, 0.29) is 11.9 Å². The third kappa shape index (κ3) is 4.45. The van der Waals surface area contributed by atoms with Crippen LogP contribution in [0, 0.1) is 5.82 Å². The molecule has 0 spiro atoms. The van der Waals surface area contributed by atoms with E-state index in [2.05, 4.69) is 17.0 Å². The summed E-state index contributed by atoms with van der Waals surface area (Å²) in [6.45, 7) is 2.49. The molecule has 25 heavy (non-hydrogen) atoms. The molecule has 2 aromatic carbocycles. The van der Waals surface area contributed by atoms with Crippen molar-refractivity contribution in [1.29, 1.82) is 0 Å². The van der Waals surface area contributed by atoms with Gasteiger partial charge in [-0.1, -0.05) is 60.7 Å². The van der Waals surface area contributed by atoms with Gasteiger partial charge in [-0.25, -0.2) is 9.18 Å². The molecule has 0 aromatic heterocycles. The number of hydrogen-bond donors (Lipinski definition) is 1. The number of benzene rings is 2. The van der Waals surface area contributed by atoms with Gasteiger partial charge in [0, 0.05) is 31.7 Å². The van der Waals surface area contributed by atoms with Crippen LogP contribution in [0.3, 0.4) is 0 Å². The van der Waals surface area contributed by atoms with E-state index in [0.29, 0.717) is 25.2 Å². The van der Waals surface area contributed by atoms with E-state index in [4.69, 9.17) is 0 Å². The molecule has 5 heteroatoms. The van der Waals surface area contributed by atoms with Crippen molar-refractivity contribution in [2.45, 2.75) is 12.6 Å². The predicted octanol–water partition coefficient (Wildman–Crippen LogP) is 3.70. The molecule has 2 aromatic rings. The van der Waals surface area contributed by atoms with Gasteiger partial charge in [0.25, 0.3) is 0 Å². The normalized spacial score (nSPS) is 18.6. The predicted molar refractivity (Wildman–Crippen MR) is 95.7 cm³/mol. The summed E-state index contributed by atoms with van der Waals surface area (Å²) < 4.78 is 13.8. The second kappa shape index (κ2) is 7.94. The lowest BCUT2D eigenvalue weighted by atomic mass is 10.1. The van der Waals surface area contributed by atoms with Crippen LogP contribution in [0.4, 0.5) is 9.18 Å². The first-order valence-corrected chi connectivity index (χ1v) is 8.32. The molecule has 0 aliphatic carbocycles. The highest BCUT2D eigenvalue weighted by Crippen LogP contribution is 2.17. The standard InChI is InChI=1S/C20H21FN2O2/c21-19-9-5-4-8-17(19)10-11-18-15-22(12-13-23(18)20(24)25)14-16-6-2-1-3-7-16/h1-11,18H,12-15H2,(H,24,25)/b11-10+/t18-/m1/s1. The zero-order valence-electron chi connectivity index (χ0n) is 13.9. The van der Waals surface area contributed by atoms with Crippen molar-refractivity contribution in [3.8, 4) is 0 Å². The number of carbonyl (C=O) groups is 1. The molecule has 0 unspecified atom stereocenters. The maximum absolute atomic E-state index is 13.8. The fourth-order valence-electron chi connectivity index (χ4n) is 3.08. The molecule has 1 saturated heterocycles. The molecule has 0 bridgehead atoms. The Balaban J connectivity index is 1.73. The summed E-state index contributed by atoms with van der Waals surface area (Å²) in [7, 11) is 0. The van der Waals surface area contributed by atoms with Crippen LogP contribution in [0.5, 0.6) is 0 Å². The molecule has 130 valence electrons. The van der Waals surface area contributed by atoms with Gasteiger partial charge in [0.1, 0.15) is 5.82 Å². The lowest BCUT2D eigenvalue weighted by Gasteiger charge is -2.38. The smallest absolute Gasteiger partial charge is 0.407 e. The maximum Gasteiger partial charge on any atom is 0.407 e. The van der Waals surface area contributed by atoms with Crippen molar-refractivity contribution in [2.75, 3.05) is 19.6 Å². The SMILES string of the molecule is O=C(O)N1CCN(Cc2ccccc2)C[C@H]1/C=C/c1ccccc1F. The molecule has 0 radical (unpaired) electrons. The minimum Gasteiger partial charge on any atom is -0.465 e. The Kier molecular flexibility index (Phi) is 5.46. The van der Waals surface area contributed by atoms with Crippen molar-refractivity contribution in [2.24, 2.45) is 0 Å². The number of halogens is 1. The zero-order chi connectivity index (χ0) is 17.6. The Bertz CT molecular complexity index is 748. The molecule has 1 heterocycles. The van der Waals surface area contributed by atoms with Gasteiger partial charge in [0.05, 0.1) is 6.04 Å². The second-order valence-corrected chi connectivity index (χ2v) is 6.14. The lowest BCUT2D eigenvalue weighted by Crippen LogP contribution is -2.53. The molecular formula is C20H21FN2O2. The summed E-state index contributed by atoms with van der Waals surface area (Å²) in [5.41, 5.74) is 1.66. The van der Waals surface area contributed by atoms with Crippen molar-refractivity contribution in [3.05, 3.63) is 77.6 Å². The van der Waals surface area contributed by atoms with Crippen molar-refractivity contribution < 1.29 is 14.3 Å². The Hall–Kier alpha value is -2.66. The molecule has 3 rings (SSSR count). The highest BCUT2D eigenvalue weighted by atomic mass is 19.1. The highest BCUT2D eigenvalue weighted by molar-refractivity contribution is 5.66. The largest absolute Gasteiger partial charge is 0.465 e. The maximum atomic E-state index is 13.8. The van der Waals surface area contributed by atoms with Gasteiger partial charge < -0.3 is 5.11 Å². The zero-order valence-corrected chi connectivity index (χ0v) is 13.9. The van der Waals surface area contributed by atoms with Gasteiger partial charge in [0.2, 0.25) is 0 Å². The average Bonchev–Trinajstić information content (AvgIpc) is 2.62. The van der Waals surface area contributed by atoms with Crippen LogP contribution in [0.15, 0.2) is 60.7 Å². The van der Waals surface area contributed by atoms with Gasteiger partial charge >= 0.3 is 6.09 Å². The molecule has 1 fully saturated rings. The third-order valence-corrected chi connectivity index (χ3v) is 4.40. The molecule has 1 atom stereocenters. The van der Waals surface area contributed by atoms with Crippen LogP contribution >= 0.6 is 0 Å². The van der Waals surface area contributed by atoms with Gasteiger partial charge in [-0.2, -0.15) is 0 Å². The molecule has 4 nitrogen and oxygen atoms in total. The van der Waals surface area contributed by atoms with Gasteiger partial charge in [-0.3, -0.25) is 9.80 Å². The minimum absolute atomic E-state index is 0.297. The fraction of sp³-hybridized carbons (Fsp3) is 0.250. The van der Waals surface area contributed by atoms with E-state index in [1.54, 1.807) is 30.4 Å². The van der Waals surface area contributed by atoms with Gasteiger partial charge in [-0.15, -0.1) is 0 Å². The van der Waals surface area contributed by atoms with Gasteiger partial charge in [-0.05, 0) is 11.6 Å². The Morgan fingerprint density at radius 2 is 1.84 bits per heavy atom. The van der Waals surface area contributed by atoms with Crippen molar-refractivity contribution >= 4 is 12.2 Å². The number of rotatable bonds is 4. The number of piperazine rings is 1. The molecule has 1 N–H and O–H groups in total. The van der Waals surface area contributed by atoms with E-state index in [0.717, 1.165) is 6.54 Å². The highest BCUT2D eigenvalue weighted by Gasteiger charge is 2.28. The first-order chi connectivity index (χ1) is 12.1. The van der Waals surface area contributed by atoms with E-state index in [1.165, 1.54) is 16.5 Å². The quantitative estimate of drug-likeness (QED) is 0.923. The summed E-state index contributed by atoms with van der Waals surface area (Å²) >= 11 is 0. The number of carboxylic acid groups (broad SMARTS) is 1. The van der Waals surface area contributed by atoms with Gasteiger partial charge in [0.15, 0.2) is 0 Å². The lowest BCUT2D eigenvalue weighted by molar-refractivity contribution is 0.0806. The molecule has 1 aliphatic rings. The summed E-state index contributed by atoms with van der Waals surface area (Å²) in [5.74, 6) is -0.308. The van der Waals surface area contributed by atoms with E-state index in [1.807, 2.05) is 18.2 Å². The Morgan fingerprint density at radius 3 is 2.56 bits per heavy atom. The van der Waals surface area contributed by atoms with Crippen LogP contribution in [-0.2, 0) is 6.54 Å². The number of amides is 1. The monoisotopic (exact) mass is 340 g/mol. The topological polar surface area (TPSA) is 43.8 Å². The summed E-state index contributed by atoms with van der Waals surface area (Å²) in [6, 6.07) is 16.3. The summed E-state index contributed by atoms with van der Waals surface area (Å²) in [4.78, 5) is 15.2. The molecule has 0 saturated carbocycles. The second-order valence-electron chi connectivity index (χ2n) is 6.14. The van der Waals surface area contributed by atoms with Crippen LogP contribution in [0.2, 0.25) is 0 Å². The van der Waals surface area contributed by atoms with E-state index < -0.39 is 6.09 Å². The van der Waals surface area contributed by atoms with Crippen LogP contribution in [0.1, 0.15) is 11.1 Å². The molecule has 1 amide bonds. The Morgan fingerprint density at radius 1 is 1.12 bits per heavy atom. The fourth-order valence-corrected chi connectivity index (χ4v) is 3.08.